The second-order valence-electron chi connectivity index (χ2n) is 8.84. The van der Waals surface area contributed by atoms with Crippen LogP contribution in [0.4, 0.5) is 4.39 Å². The van der Waals surface area contributed by atoms with Crippen LogP contribution < -0.4 is 4.74 Å². The van der Waals surface area contributed by atoms with E-state index < -0.39 is 5.82 Å². The van der Waals surface area contributed by atoms with E-state index in [0.717, 1.165) is 17.5 Å². The fourth-order valence-corrected chi connectivity index (χ4v) is 5.40. The Morgan fingerprint density at radius 3 is 2.78 bits per heavy atom. The third-order valence-corrected chi connectivity index (χ3v) is 7.30. The summed E-state index contributed by atoms with van der Waals surface area (Å²) < 4.78 is 25.2. The molecule has 190 valence electrons. The lowest BCUT2D eigenvalue weighted by Gasteiger charge is -2.37. The summed E-state index contributed by atoms with van der Waals surface area (Å²) in [5.74, 6) is -0.629. The molecule has 2 aromatic carbocycles. The molecule has 1 unspecified atom stereocenters. The number of hydrogen-bond donors (Lipinski definition) is 0. The van der Waals surface area contributed by atoms with Crippen LogP contribution in [0.25, 0.3) is 0 Å². The van der Waals surface area contributed by atoms with Crippen LogP contribution in [0.15, 0.2) is 60.0 Å². The minimum atomic E-state index is -0.440. The van der Waals surface area contributed by atoms with Crippen molar-refractivity contribution >= 4 is 23.2 Å². The van der Waals surface area contributed by atoms with E-state index in [1.807, 2.05) is 36.6 Å². The summed E-state index contributed by atoms with van der Waals surface area (Å²) in [4.78, 5) is 31.5. The number of benzene rings is 2. The van der Waals surface area contributed by atoms with Crippen molar-refractivity contribution in [2.24, 2.45) is 0 Å². The van der Waals surface area contributed by atoms with Crippen molar-refractivity contribution in [2.45, 2.75) is 25.8 Å². The Labute approximate surface area is 215 Å². The van der Waals surface area contributed by atoms with Gasteiger partial charge in [-0.25, -0.2) is 4.39 Å². The number of methoxy groups -OCH3 is 1. The van der Waals surface area contributed by atoms with Gasteiger partial charge in [-0.15, -0.1) is 11.3 Å². The van der Waals surface area contributed by atoms with Gasteiger partial charge in [0.1, 0.15) is 13.2 Å². The van der Waals surface area contributed by atoms with Crippen LogP contribution >= 0.6 is 11.3 Å². The third-order valence-electron chi connectivity index (χ3n) is 6.30. The maximum Gasteiger partial charge on any atom is 0.254 e. The van der Waals surface area contributed by atoms with Crippen LogP contribution in [0.3, 0.4) is 0 Å². The number of halogens is 1. The Balaban J connectivity index is 1.53. The number of fused-ring (bicyclic) bond motifs is 1. The van der Waals surface area contributed by atoms with E-state index in [9.17, 15) is 14.0 Å². The summed E-state index contributed by atoms with van der Waals surface area (Å²) in [5.41, 5.74) is 2.56. The summed E-state index contributed by atoms with van der Waals surface area (Å²) in [5, 5.41) is 2.01. The van der Waals surface area contributed by atoms with Gasteiger partial charge < -0.3 is 19.3 Å². The SMILES string of the molecule is COCCCN(CC(=O)N1CCc2sccc2C1COc1ccccc1F)C(=O)c1cccc(C)c1. The standard InChI is InChI=1S/C28H31FN2O4S/c1-20-7-5-8-21(17-20)28(33)30(13-6-15-34-2)18-27(32)31-14-11-26-22(12-16-36-26)24(31)19-35-25-10-4-3-9-23(25)29/h3-5,7-10,12,16-17,24H,6,11,13-15,18-19H2,1-2H3. The highest BCUT2D eigenvalue weighted by Crippen LogP contribution is 2.34. The highest BCUT2D eigenvalue weighted by atomic mass is 32.1. The van der Waals surface area contributed by atoms with E-state index in [4.69, 9.17) is 9.47 Å². The molecule has 0 saturated carbocycles. The van der Waals surface area contributed by atoms with Gasteiger partial charge >= 0.3 is 0 Å². The highest BCUT2D eigenvalue weighted by molar-refractivity contribution is 7.10. The second-order valence-corrected chi connectivity index (χ2v) is 9.84. The largest absolute Gasteiger partial charge is 0.488 e. The molecule has 0 bridgehead atoms. The Morgan fingerprint density at radius 2 is 2.00 bits per heavy atom. The molecule has 36 heavy (non-hydrogen) atoms. The van der Waals surface area contributed by atoms with Gasteiger partial charge in [-0.2, -0.15) is 0 Å². The first kappa shape index (κ1) is 25.9. The molecule has 0 saturated heterocycles. The molecule has 1 aliphatic rings. The number of rotatable bonds is 10. The van der Waals surface area contributed by atoms with Gasteiger partial charge in [0.2, 0.25) is 5.91 Å². The van der Waals surface area contributed by atoms with E-state index in [0.29, 0.717) is 31.7 Å². The topological polar surface area (TPSA) is 59.1 Å². The minimum absolute atomic E-state index is 0.0494. The number of hydrogen-bond acceptors (Lipinski definition) is 5. The van der Waals surface area contributed by atoms with Gasteiger partial charge in [-0.05, 0) is 61.0 Å². The number of carbonyl (C=O) groups excluding carboxylic acids is 2. The average Bonchev–Trinajstić information content (AvgIpc) is 3.36. The summed E-state index contributed by atoms with van der Waals surface area (Å²) in [6, 6.07) is 15.3. The first-order chi connectivity index (χ1) is 17.5. The quantitative estimate of drug-likeness (QED) is 0.365. The highest BCUT2D eigenvalue weighted by Gasteiger charge is 2.33. The number of thiophene rings is 1. The van der Waals surface area contributed by atoms with Gasteiger partial charge in [0, 0.05) is 37.2 Å². The smallest absolute Gasteiger partial charge is 0.254 e. The zero-order valence-electron chi connectivity index (χ0n) is 20.6. The molecule has 6 nitrogen and oxygen atoms in total. The van der Waals surface area contributed by atoms with E-state index in [2.05, 4.69) is 0 Å². The average molecular weight is 511 g/mol. The number of ether oxygens (including phenoxy) is 2. The Kier molecular flexibility index (Phi) is 8.72. The Hall–Kier alpha value is -3.23. The van der Waals surface area contributed by atoms with E-state index in [1.165, 1.54) is 10.9 Å². The molecule has 0 radical (unpaired) electrons. The van der Waals surface area contributed by atoms with Gasteiger partial charge in [-0.1, -0.05) is 29.8 Å². The van der Waals surface area contributed by atoms with Crippen LogP contribution in [0.1, 0.15) is 38.8 Å². The maximum atomic E-state index is 14.2. The molecule has 0 aliphatic carbocycles. The first-order valence-electron chi connectivity index (χ1n) is 12.1. The van der Waals surface area contributed by atoms with Crippen molar-refractivity contribution in [1.82, 2.24) is 9.80 Å². The van der Waals surface area contributed by atoms with Crippen molar-refractivity contribution in [3.05, 3.63) is 87.4 Å². The maximum absolute atomic E-state index is 14.2. The molecule has 1 atom stereocenters. The van der Waals surface area contributed by atoms with Crippen LogP contribution in [-0.2, 0) is 16.0 Å². The van der Waals surface area contributed by atoms with Gasteiger partial charge in [0.15, 0.2) is 11.6 Å². The third kappa shape index (κ3) is 6.12. The predicted molar refractivity (Wildman–Crippen MR) is 138 cm³/mol. The molecule has 0 spiro atoms. The molecule has 4 rings (SSSR count). The van der Waals surface area contributed by atoms with E-state index >= 15 is 0 Å². The van der Waals surface area contributed by atoms with Crippen LogP contribution in [0.5, 0.6) is 5.75 Å². The fraction of sp³-hybridized carbons (Fsp3) is 0.357. The van der Waals surface area contributed by atoms with Crippen molar-refractivity contribution in [1.29, 1.82) is 0 Å². The lowest BCUT2D eigenvalue weighted by atomic mass is 10.00. The van der Waals surface area contributed by atoms with Crippen LogP contribution in [0, 0.1) is 12.7 Å². The molecular weight excluding hydrogens is 479 g/mol. The van der Waals surface area contributed by atoms with Gasteiger partial charge in [0.05, 0.1) is 6.04 Å². The Morgan fingerprint density at radius 1 is 1.17 bits per heavy atom. The summed E-state index contributed by atoms with van der Waals surface area (Å²) in [6.07, 6.45) is 1.36. The fourth-order valence-electron chi connectivity index (χ4n) is 4.47. The number of carbonyl (C=O) groups is 2. The number of nitrogens with zero attached hydrogens (tertiary/aromatic N) is 2. The molecule has 0 N–H and O–H groups in total. The molecular formula is C28H31FN2O4S. The Bertz CT molecular complexity index is 1200. The number of amides is 2. The summed E-state index contributed by atoms with van der Waals surface area (Å²) in [6.45, 7) is 3.43. The van der Waals surface area contributed by atoms with Gasteiger partial charge in [0.25, 0.3) is 5.91 Å². The van der Waals surface area contributed by atoms with E-state index in [1.54, 1.807) is 52.5 Å². The van der Waals surface area contributed by atoms with Crippen molar-refractivity contribution in [3.8, 4) is 5.75 Å². The number of para-hydroxylation sites is 1. The van der Waals surface area contributed by atoms with Crippen LogP contribution in [0.2, 0.25) is 0 Å². The molecule has 1 aliphatic heterocycles. The number of aryl methyl sites for hydroxylation is 1. The summed E-state index contributed by atoms with van der Waals surface area (Å²) >= 11 is 1.65. The minimum Gasteiger partial charge on any atom is -0.488 e. The second kappa shape index (κ2) is 12.1. The molecule has 8 heteroatoms. The molecule has 0 fully saturated rings. The summed E-state index contributed by atoms with van der Waals surface area (Å²) in [7, 11) is 1.62. The zero-order valence-corrected chi connectivity index (χ0v) is 21.4. The lowest BCUT2D eigenvalue weighted by molar-refractivity contribution is -0.135. The van der Waals surface area contributed by atoms with E-state index in [-0.39, 0.29) is 36.8 Å². The molecule has 2 amide bonds. The monoisotopic (exact) mass is 510 g/mol. The first-order valence-corrected chi connectivity index (χ1v) is 12.9. The molecule has 1 aromatic heterocycles. The van der Waals surface area contributed by atoms with Crippen LogP contribution in [-0.4, -0.2) is 61.6 Å². The van der Waals surface area contributed by atoms with Crippen molar-refractivity contribution in [3.63, 3.8) is 0 Å². The lowest BCUT2D eigenvalue weighted by Crippen LogP contribution is -2.48. The van der Waals surface area contributed by atoms with Crippen molar-refractivity contribution < 1.29 is 23.5 Å². The molecule has 2 heterocycles. The van der Waals surface area contributed by atoms with Crippen molar-refractivity contribution in [2.75, 3.05) is 40.0 Å². The van der Waals surface area contributed by atoms with Gasteiger partial charge in [-0.3, -0.25) is 9.59 Å². The zero-order chi connectivity index (χ0) is 25.5. The predicted octanol–water partition coefficient (Wildman–Crippen LogP) is 4.88. The normalized spacial score (nSPS) is 14.9. The molecule has 3 aromatic rings.